The molecule has 0 aromatic heterocycles. The molecule has 0 atom stereocenters. The molecule has 0 heterocycles. The molecule has 0 aliphatic rings. The Morgan fingerprint density at radius 3 is 0.872 bits per heavy atom. The molecular formula is C43H42N2O2. The number of ether oxygens (including phenoxy) is 2. The summed E-state index contributed by atoms with van der Waals surface area (Å²) >= 11 is 0. The quantitative estimate of drug-likeness (QED) is 0.143. The smallest absolute Gasteiger partial charge is 0.231 e. The third-order valence-corrected chi connectivity index (χ3v) is 8.31. The molecule has 0 amide bonds. The van der Waals surface area contributed by atoms with Gasteiger partial charge in [0.25, 0.3) is 0 Å². The molecule has 4 heteroatoms. The standard InChI is InChI=1S/C43H42N2O2/c1-30-7-17-36(18-8-30)44(37-19-9-31(2)10-20-37)40-25-15-34(5)27-42(40)46-29-47-43-28-35(6)16-26-41(43)45(38-21-11-32(3)12-22-38)39-23-13-33(4)14-24-39/h7-28H,29H2,1-6H3. The minimum Gasteiger partial charge on any atom is -0.455 e. The summed E-state index contributed by atoms with van der Waals surface area (Å²) in [5, 5.41) is 0. The van der Waals surface area contributed by atoms with Gasteiger partial charge in [-0.15, -0.1) is 0 Å². The molecule has 0 fully saturated rings. The van der Waals surface area contributed by atoms with Gasteiger partial charge in [0.05, 0.1) is 11.4 Å². The van der Waals surface area contributed by atoms with Crippen LogP contribution in [0.15, 0.2) is 133 Å². The van der Waals surface area contributed by atoms with E-state index in [9.17, 15) is 0 Å². The lowest BCUT2D eigenvalue weighted by Gasteiger charge is -2.29. The zero-order valence-electron chi connectivity index (χ0n) is 28.1. The summed E-state index contributed by atoms with van der Waals surface area (Å²) in [6, 6.07) is 47.0. The van der Waals surface area contributed by atoms with Crippen molar-refractivity contribution < 1.29 is 9.47 Å². The Bertz CT molecular complexity index is 1710. The molecular weight excluding hydrogens is 576 g/mol. The lowest BCUT2D eigenvalue weighted by molar-refractivity contribution is 0.121. The Morgan fingerprint density at radius 1 is 0.340 bits per heavy atom. The van der Waals surface area contributed by atoms with Gasteiger partial charge in [-0.1, -0.05) is 82.9 Å². The highest BCUT2D eigenvalue weighted by Gasteiger charge is 2.20. The van der Waals surface area contributed by atoms with Crippen LogP contribution in [0.1, 0.15) is 33.4 Å². The maximum Gasteiger partial charge on any atom is 0.231 e. The Kier molecular flexibility index (Phi) is 9.30. The summed E-state index contributed by atoms with van der Waals surface area (Å²) < 4.78 is 13.1. The van der Waals surface area contributed by atoms with Crippen molar-refractivity contribution in [2.45, 2.75) is 41.5 Å². The molecule has 47 heavy (non-hydrogen) atoms. The third-order valence-electron chi connectivity index (χ3n) is 8.31. The second-order valence-electron chi connectivity index (χ2n) is 12.4. The summed E-state index contributed by atoms with van der Waals surface area (Å²) in [5.41, 5.74) is 13.2. The van der Waals surface area contributed by atoms with Crippen molar-refractivity contribution in [3.05, 3.63) is 167 Å². The van der Waals surface area contributed by atoms with Gasteiger partial charge in [-0.3, -0.25) is 0 Å². The largest absolute Gasteiger partial charge is 0.455 e. The van der Waals surface area contributed by atoms with E-state index in [4.69, 9.17) is 9.47 Å². The first kappa shape index (κ1) is 31.5. The van der Waals surface area contributed by atoms with Crippen LogP contribution in [0.2, 0.25) is 0 Å². The highest BCUT2D eigenvalue weighted by atomic mass is 16.7. The first-order valence-electron chi connectivity index (χ1n) is 16.1. The maximum absolute atomic E-state index is 6.53. The van der Waals surface area contributed by atoms with Gasteiger partial charge in [0.15, 0.2) is 0 Å². The van der Waals surface area contributed by atoms with E-state index in [0.29, 0.717) is 0 Å². The topological polar surface area (TPSA) is 24.9 Å². The van der Waals surface area contributed by atoms with Crippen LogP contribution in [0.5, 0.6) is 11.5 Å². The van der Waals surface area contributed by atoms with Crippen LogP contribution in [0.4, 0.5) is 34.1 Å². The predicted molar refractivity (Wildman–Crippen MR) is 197 cm³/mol. The van der Waals surface area contributed by atoms with Crippen molar-refractivity contribution in [2.75, 3.05) is 16.6 Å². The third kappa shape index (κ3) is 7.34. The normalized spacial score (nSPS) is 10.9. The molecule has 6 rings (SSSR count). The molecule has 0 bridgehead atoms. The number of hydrogen-bond donors (Lipinski definition) is 0. The summed E-state index contributed by atoms with van der Waals surface area (Å²) in [4.78, 5) is 4.48. The fourth-order valence-corrected chi connectivity index (χ4v) is 5.63. The van der Waals surface area contributed by atoms with Crippen LogP contribution in [0.25, 0.3) is 0 Å². The van der Waals surface area contributed by atoms with Crippen molar-refractivity contribution >= 4 is 34.1 Å². The van der Waals surface area contributed by atoms with E-state index in [0.717, 1.165) is 56.8 Å². The molecule has 6 aromatic carbocycles. The molecule has 0 spiro atoms. The minimum atomic E-state index is 0.0399. The van der Waals surface area contributed by atoms with Gasteiger partial charge in [-0.25, -0.2) is 0 Å². The van der Waals surface area contributed by atoms with E-state index in [2.05, 4.69) is 185 Å². The number of aryl methyl sites for hydroxylation is 6. The van der Waals surface area contributed by atoms with Crippen LogP contribution in [0.3, 0.4) is 0 Å². The minimum absolute atomic E-state index is 0.0399. The maximum atomic E-state index is 6.53. The number of rotatable bonds is 10. The Hall–Kier alpha value is -5.48. The summed E-state index contributed by atoms with van der Waals surface area (Å²) in [6.07, 6.45) is 0. The van der Waals surface area contributed by atoms with Crippen LogP contribution < -0.4 is 19.3 Å². The van der Waals surface area contributed by atoms with E-state index < -0.39 is 0 Å². The van der Waals surface area contributed by atoms with Crippen LogP contribution in [-0.2, 0) is 0 Å². The van der Waals surface area contributed by atoms with Crippen molar-refractivity contribution in [3.63, 3.8) is 0 Å². The average Bonchev–Trinajstić information content (AvgIpc) is 3.06. The van der Waals surface area contributed by atoms with Gasteiger partial charge in [0.1, 0.15) is 11.5 Å². The molecule has 6 aromatic rings. The average molecular weight is 619 g/mol. The fourth-order valence-electron chi connectivity index (χ4n) is 5.63. The summed E-state index contributed by atoms with van der Waals surface area (Å²) in [7, 11) is 0. The SMILES string of the molecule is Cc1ccc(N(c2ccc(C)cc2)c2ccc(C)cc2OCOc2cc(C)ccc2N(c2ccc(C)cc2)c2ccc(C)cc2)cc1. The summed E-state index contributed by atoms with van der Waals surface area (Å²) in [5.74, 6) is 1.49. The summed E-state index contributed by atoms with van der Waals surface area (Å²) in [6.45, 7) is 12.6. The van der Waals surface area contributed by atoms with Gasteiger partial charge < -0.3 is 19.3 Å². The second-order valence-corrected chi connectivity index (χ2v) is 12.4. The first-order valence-corrected chi connectivity index (χ1v) is 16.1. The van der Waals surface area contributed by atoms with Gasteiger partial charge >= 0.3 is 0 Å². The lowest BCUT2D eigenvalue weighted by atomic mass is 10.1. The molecule has 0 radical (unpaired) electrons. The fraction of sp³-hybridized carbons (Fsp3) is 0.163. The van der Waals surface area contributed by atoms with E-state index in [1.54, 1.807) is 0 Å². The number of nitrogens with zero attached hydrogens (tertiary/aromatic N) is 2. The molecule has 0 N–H and O–H groups in total. The van der Waals surface area contributed by atoms with Crippen molar-refractivity contribution in [3.8, 4) is 11.5 Å². The van der Waals surface area contributed by atoms with Crippen molar-refractivity contribution in [1.82, 2.24) is 0 Å². The Morgan fingerprint density at radius 2 is 0.596 bits per heavy atom. The van der Waals surface area contributed by atoms with Gasteiger partial charge in [0, 0.05) is 22.7 Å². The molecule has 4 nitrogen and oxygen atoms in total. The monoisotopic (exact) mass is 618 g/mol. The predicted octanol–water partition coefficient (Wildman–Crippen LogP) is 11.9. The molecule has 0 aliphatic carbocycles. The number of benzene rings is 6. The number of hydrogen-bond acceptors (Lipinski definition) is 4. The van der Waals surface area contributed by atoms with Gasteiger partial charge in [-0.2, -0.15) is 0 Å². The molecule has 0 saturated carbocycles. The number of anilines is 6. The molecule has 236 valence electrons. The first-order chi connectivity index (χ1) is 22.7. The van der Waals surface area contributed by atoms with Crippen molar-refractivity contribution in [2.24, 2.45) is 0 Å². The Balaban J connectivity index is 1.35. The van der Waals surface area contributed by atoms with E-state index in [-0.39, 0.29) is 6.79 Å². The lowest BCUT2D eigenvalue weighted by Crippen LogP contribution is -2.15. The molecule has 0 unspecified atom stereocenters. The van der Waals surface area contributed by atoms with E-state index in [1.165, 1.54) is 22.3 Å². The van der Waals surface area contributed by atoms with E-state index in [1.807, 2.05) is 0 Å². The highest BCUT2D eigenvalue weighted by molar-refractivity contribution is 5.82. The molecule has 0 aliphatic heterocycles. The second kappa shape index (κ2) is 13.9. The molecule has 0 saturated heterocycles. The van der Waals surface area contributed by atoms with Crippen LogP contribution in [-0.4, -0.2) is 6.79 Å². The Labute approximate surface area is 279 Å². The van der Waals surface area contributed by atoms with Crippen LogP contribution in [0, 0.1) is 41.5 Å². The van der Waals surface area contributed by atoms with Gasteiger partial charge in [0.2, 0.25) is 6.79 Å². The zero-order chi connectivity index (χ0) is 32.9. The van der Waals surface area contributed by atoms with E-state index >= 15 is 0 Å². The van der Waals surface area contributed by atoms with Crippen molar-refractivity contribution in [1.29, 1.82) is 0 Å². The zero-order valence-corrected chi connectivity index (χ0v) is 28.1. The van der Waals surface area contributed by atoms with Crippen LogP contribution >= 0.6 is 0 Å². The highest BCUT2D eigenvalue weighted by Crippen LogP contribution is 2.43. The van der Waals surface area contributed by atoms with Gasteiger partial charge in [-0.05, 0) is 125 Å².